The summed E-state index contributed by atoms with van der Waals surface area (Å²) < 4.78 is 0. The molecule has 0 aliphatic carbocycles. The van der Waals surface area contributed by atoms with Crippen LogP contribution in [0.3, 0.4) is 0 Å². The maximum absolute atomic E-state index is 5.86. The average Bonchev–Trinajstić information content (AvgIpc) is 2.91. The molecule has 0 saturated carbocycles. The minimum absolute atomic E-state index is 0.0976. The highest BCUT2D eigenvalue weighted by atomic mass is 15.2. The molecule has 2 aromatic heterocycles. The van der Waals surface area contributed by atoms with Crippen LogP contribution in [-0.2, 0) is 6.42 Å². The zero-order valence-corrected chi connectivity index (χ0v) is 10.9. The van der Waals surface area contributed by atoms with E-state index < -0.39 is 0 Å². The third-order valence-electron chi connectivity index (χ3n) is 3.44. The summed E-state index contributed by atoms with van der Waals surface area (Å²) in [4.78, 5) is 4.36. The van der Waals surface area contributed by atoms with Gasteiger partial charge in [0, 0.05) is 17.1 Å². The largest absolute Gasteiger partial charge is 0.384 e. The van der Waals surface area contributed by atoms with Gasteiger partial charge in [-0.1, -0.05) is 18.2 Å². The van der Waals surface area contributed by atoms with E-state index in [0.717, 1.165) is 16.5 Å². The lowest BCUT2D eigenvalue weighted by molar-refractivity contribution is 0.555. The number of aromatic amines is 1. The number of H-pyrrole nitrogens is 1. The molecular formula is C14H16N6. The third kappa shape index (κ3) is 2.22. The first-order valence-electron chi connectivity index (χ1n) is 6.37. The van der Waals surface area contributed by atoms with Gasteiger partial charge in [-0.25, -0.2) is 0 Å². The van der Waals surface area contributed by atoms with Crippen molar-refractivity contribution in [3.63, 3.8) is 0 Å². The molecule has 3 aromatic rings. The van der Waals surface area contributed by atoms with Crippen molar-refractivity contribution in [1.29, 1.82) is 0 Å². The first kappa shape index (κ1) is 12.6. The van der Waals surface area contributed by atoms with Crippen molar-refractivity contribution >= 4 is 16.7 Å². The molecule has 1 unspecified atom stereocenters. The third-order valence-corrected chi connectivity index (χ3v) is 3.44. The van der Waals surface area contributed by atoms with E-state index >= 15 is 0 Å². The fourth-order valence-corrected chi connectivity index (χ4v) is 2.39. The number of hydrogen-bond donors (Lipinski definition) is 4. The van der Waals surface area contributed by atoms with Gasteiger partial charge >= 0.3 is 0 Å². The summed E-state index contributed by atoms with van der Waals surface area (Å²) in [6.45, 7) is 0. The molecule has 0 bridgehead atoms. The Morgan fingerprint density at radius 3 is 2.85 bits per heavy atom. The lowest BCUT2D eigenvalue weighted by Gasteiger charge is -2.16. The summed E-state index contributed by atoms with van der Waals surface area (Å²) in [7, 11) is 0. The van der Waals surface area contributed by atoms with Gasteiger partial charge in [-0.05, 0) is 24.1 Å². The van der Waals surface area contributed by atoms with Crippen molar-refractivity contribution in [3.8, 4) is 0 Å². The molecule has 0 amide bonds. The van der Waals surface area contributed by atoms with Gasteiger partial charge in [-0.2, -0.15) is 5.10 Å². The van der Waals surface area contributed by atoms with Crippen molar-refractivity contribution in [2.75, 3.05) is 5.73 Å². The number of nitrogens with one attached hydrogen (secondary N) is 2. The number of nitrogens with two attached hydrogens (primary N) is 2. The Bertz CT molecular complexity index is 715. The molecule has 0 saturated heterocycles. The molecule has 0 fully saturated rings. The summed E-state index contributed by atoms with van der Waals surface area (Å²) in [6.07, 6.45) is 4.22. The van der Waals surface area contributed by atoms with E-state index in [1.54, 1.807) is 6.20 Å². The van der Waals surface area contributed by atoms with Crippen LogP contribution in [-0.4, -0.2) is 15.2 Å². The molecule has 1 atom stereocenters. The van der Waals surface area contributed by atoms with E-state index in [1.165, 1.54) is 5.56 Å². The van der Waals surface area contributed by atoms with E-state index in [0.29, 0.717) is 12.2 Å². The highest BCUT2D eigenvalue weighted by Crippen LogP contribution is 2.25. The monoisotopic (exact) mass is 268 g/mol. The summed E-state index contributed by atoms with van der Waals surface area (Å²) in [6, 6.07) is 9.94. The molecule has 6 nitrogen and oxygen atoms in total. The Hall–Kier alpha value is -2.44. The maximum atomic E-state index is 5.86. The summed E-state index contributed by atoms with van der Waals surface area (Å²) in [5.41, 5.74) is 11.7. The van der Waals surface area contributed by atoms with Crippen LogP contribution < -0.4 is 17.0 Å². The van der Waals surface area contributed by atoms with E-state index in [4.69, 9.17) is 11.6 Å². The number of aromatic nitrogens is 3. The number of nitrogens with zero attached hydrogens (tertiary/aromatic N) is 2. The first-order valence-corrected chi connectivity index (χ1v) is 6.37. The van der Waals surface area contributed by atoms with Gasteiger partial charge in [0.15, 0.2) is 0 Å². The molecule has 20 heavy (non-hydrogen) atoms. The van der Waals surface area contributed by atoms with Gasteiger partial charge in [0.25, 0.3) is 0 Å². The molecule has 0 spiro atoms. The summed E-state index contributed by atoms with van der Waals surface area (Å²) in [5, 5.41) is 7.79. The summed E-state index contributed by atoms with van der Waals surface area (Å²) >= 11 is 0. The molecule has 0 aliphatic heterocycles. The zero-order valence-electron chi connectivity index (χ0n) is 10.9. The maximum Gasteiger partial charge on any atom is 0.123 e. The fraction of sp³-hybridized carbons (Fsp3) is 0.143. The van der Waals surface area contributed by atoms with Crippen LogP contribution in [0.2, 0.25) is 0 Å². The van der Waals surface area contributed by atoms with Gasteiger partial charge < -0.3 is 5.73 Å². The highest BCUT2D eigenvalue weighted by Gasteiger charge is 2.16. The van der Waals surface area contributed by atoms with Crippen molar-refractivity contribution in [2.45, 2.75) is 12.5 Å². The number of benzene rings is 1. The van der Waals surface area contributed by atoms with Crippen molar-refractivity contribution < 1.29 is 0 Å². The molecule has 6 heteroatoms. The molecule has 102 valence electrons. The van der Waals surface area contributed by atoms with Crippen molar-refractivity contribution in [2.24, 2.45) is 5.84 Å². The Balaban J connectivity index is 1.98. The lowest BCUT2D eigenvalue weighted by Crippen LogP contribution is -2.30. The molecule has 3 rings (SSSR count). The molecule has 1 aromatic carbocycles. The SMILES string of the molecule is NNC(Cc1ccnc2ccccc12)c1cn[nH]c1N. The average molecular weight is 268 g/mol. The molecule has 6 N–H and O–H groups in total. The molecule has 0 radical (unpaired) electrons. The highest BCUT2D eigenvalue weighted by molar-refractivity contribution is 5.81. The second-order valence-electron chi connectivity index (χ2n) is 4.65. The molecular weight excluding hydrogens is 252 g/mol. The van der Waals surface area contributed by atoms with Gasteiger partial charge in [0.2, 0.25) is 0 Å². The predicted octanol–water partition coefficient (Wildman–Crippen LogP) is 1.29. The van der Waals surface area contributed by atoms with Crippen molar-refractivity contribution in [3.05, 3.63) is 53.9 Å². The Kier molecular flexibility index (Phi) is 3.32. The molecule has 2 heterocycles. The number of hydrazine groups is 1. The number of hydrogen-bond acceptors (Lipinski definition) is 5. The summed E-state index contributed by atoms with van der Waals surface area (Å²) in [5.74, 6) is 6.20. The lowest BCUT2D eigenvalue weighted by atomic mass is 9.98. The van der Waals surface area contributed by atoms with Crippen LogP contribution in [0.1, 0.15) is 17.2 Å². The fourth-order valence-electron chi connectivity index (χ4n) is 2.39. The Morgan fingerprint density at radius 2 is 2.10 bits per heavy atom. The quantitative estimate of drug-likeness (QED) is 0.421. The van der Waals surface area contributed by atoms with E-state index in [1.807, 2.05) is 30.5 Å². The van der Waals surface area contributed by atoms with Gasteiger partial charge in [-0.15, -0.1) is 0 Å². The number of pyridine rings is 1. The predicted molar refractivity (Wildman–Crippen MR) is 78.5 cm³/mol. The minimum atomic E-state index is -0.0976. The number of rotatable bonds is 4. The van der Waals surface area contributed by atoms with Crippen LogP contribution in [0.25, 0.3) is 10.9 Å². The van der Waals surface area contributed by atoms with E-state index in [2.05, 4.69) is 26.7 Å². The van der Waals surface area contributed by atoms with Crippen LogP contribution in [0.15, 0.2) is 42.7 Å². The van der Waals surface area contributed by atoms with Crippen LogP contribution in [0, 0.1) is 0 Å². The zero-order chi connectivity index (χ0) is 13.9. The Labute approximate surface area is 116 Å². The van der Waals surface area contributed by atoms with Gasteiger partial charge in [-0.3, -0.25) is 21.4 Å². The van der Waals surface area contributed by atoms with Gasteiger partial charge in [0.1, 0.15) is 5.82 Å². The molecule has 0 aliphatic rings. The number of fused-ring (bicyclic) bond motifs is 1. The number of para-hydroxylation sites is 1. The van der Waals surface area contributed by atoms with Crippen LogP contribution in [0.5, 0.6) is 0 Å². The first-order chi connectivity index (χ1) is 9.79. The topological polar surface area (TPSA) is 106 Å². The smallest absolute Gasteiger partial charge is 0.123 e. The standard InChI is InChI=1S/C14H16N6/c15-14-11(8-18-20-14)13(19-16)7-9-5-6-17-12-4-2-1-3-10(9)12/h1-6,8,13,19H,7,16H2,(H3,15,18,20). The van der Waals surface area contributed by atoms with E-state index in [9.17, 15) is 0 Å². The Morgan fingerprint density at radius 1 is 1.25 bits per heavy atom. The van der Waals surface area contributed by atoms with Crippen LogP contribution >= 0.6 is 0 Å². The van der Waals surface area contributed by atoms with Crippen molar-refractivity contribution in [1.82, 2.24) is 20.6 Å². The van der Waals surface area contributed by atoms with Crippen LogP contribution in [0.4, 0.5) is 5.82 Å². The number of anilines is 1. The minimum Gasteiger partial charge on any atom is -0.384 e. The number of nitrogen functional groups attached to an aromatic ring is 1. The second kappa shape index (κ2) is 5.28. The second-order valence-corrected chi connectivity index (χ2v) is 4.65. The van der Waals surface area contributed by atoms with E-state index in [-0.39, 0.29) is 6.04 Å². The normalized spacial score (nSPS) is 12.7. The van der Waals surface area contributed by atoms with Gasteiger partial charge in [0.05, 0.1) is 17.8 Å².